The molecule has 0 saturated heterocycles. The lowest BCUT2D eigenvalue weighted by Crippen LogP contribution is -2.29. The lowest BCUT2D eigenvalue weighted by Gasteiger charge is -2.03. The van der Waals surface area contributed by atoms with Gasteiger partial charge in [0.2, 0.25) is 0 Å². The molecular weight excluding hydrogens is 184 g/mol. The minimum absolute atomic E-state index is 0.495. The molecule has 0 heterocycles. The molecule has 0 aliphatic carbocycles. The van der Waals surface area contributed by atoms with Crippen molar-refractivity contribution in [1.82, 2.24) is 0 Å². The van der Waals surface area contributed by atoms with Crippen molar-refractivity contribution in [2.45, 2.75) is 25.3 Å². The van der Waals surface area contributed by atoms with Crippen LogP contribution in [0.3, 0.4) is 0 Å². The van der Waals surface area contributed by atoms with Crippen molar-refractivity contribution in [2.24, 2.45) is 22.2 Å². The number of nitrogens with zero attached hydrogens (tertiary/aromatic N) is 1. The van der Waals surface area contributed by atoms with Gasteiger partial charge >= 0.3 is 5.97 Å². The molecule has 0 saturated carbocycles. The summed E-state index contributed by atoms with van der Waals surface area (Å²) < 4.78 is 0. The zero-order valence-corrected chi connectivity index (χ0v) is 8.52. The van der Waals surface area contributed by atoms with E-state index in [-0.39, 0.29) is 0 Å². The first-order valence-electron chi connectivity index (χ1n) is 4.44. The van der Waals surface area contributed by atoms with Crippen LogP contribution in [0.4, 0.5) is 0 Å². The van der Waals surface area contributed by atoms with Gasteiger partial charge in [0, 0.05) is 6.54 Å². The van der Waals surface area contributed by atoms with E-state index in [9.17, 15) is 4.79 Å². The van der Waals surface area contributed by atoms with Gasteiger partial charge < -0.3 is 22.3 Å². The smallest absolute Gasteiger partial charge is 0.320 e. The summed E-state index contributed by atoms with van der Waals surface area (Å²) in [7, 11) is 1.50. The van der Waals surface area contributed by atoms with Gasteiger partial charge in [-0.25, -0.2) is 0 Å². The van der Waals surface area contributed by atoms with Gasteiger partial charge in [0.1, 0.15) is 6.04 Å². The molecule has 1 atom stereocenters. The third-order valence-corrected chi connectivity index (χ3v) is 1.47. The van der Waals surface area contributed by atoms with E-state index < -0.39 is 12.0 Å². The van der Waals surface area contributed by atoms with Crippen LogP contribution in [0.5, 0.6) is 0 Å². The molecule has 0 aromatic carbocycles. The van der Waals surface area contributed by atoms with Crippen molar-refractivity contribution in [2.75, 3.05) is 13.6 Å². The summed E-state index contributed by atoms with van der Waals surface area (Å²) in [6.45, 7) is 0.642. The second-order valence-corrected chi connectivity index (χ2v) is 2.50. The molecule has 1 unspecified atom stereocenters. The van der Waals surface area contributed by atoms with Crippen molar-refractivity contribution in [3.63, 3.8) is 0 Å². The number of hydrogen-bond donors (Lipinski definition) is 4. The zero-order valence-electron chi connectivity index (χ0n) is 8.52. The minimum atomic E-state index is -0.947. The summed E-state index contributed by atoms with van der Waals surface area (Å²) in [5, 5.41) is 8.41. The van der Waals surface area contributed by atoms with E-state index in [2.05, 4.69) is 10.7 Å². The highest BCUT2D eigenvalue weighted by molar-refractivity contribution is 5.72. The van der Waals surface area contributed by atoms with E-state index in [4.69, 9.17) is 16.6 Å². The molecule has 0 radical (unpaired) electrons. The van der Waals surface area contributed by atoms with E-state index in [0.717, 1.165) is 12.8 Å². The number of aliphatic imine (C=N–C) groups is 1. The Morgan fingerprint density at radius 1 is 1.50 bits per heavy atom. The number of rotatable bonds is 6. The van der Waals surface area contributed by atoms with Crippen LogP contribution in [0.25, 0.3) is 0 Å². The molecule has 0 spiro atoms. The average molecular weight is 204 g/mol. The first-order chi connectivity index (χ1) is 6.68. The normalized spacial score (nSPS) is 11.9. The molecular formula is C8H20N4O2. The Labute approximate surface area is 84.2 Å². The van der Waals surface area contributed by atoms with Crippen molar-refractivity contribution < 1.29 is 9.90 Å². The van der Waals surface area contributed by atoms with Crippen LogP contribution >= 0.6 is 0 Å². The topological polar surface area (TPSA) is 128 Å². The summed E-state index contributed by atoms with van der Waals surface area (Å²) in [6.07, 6.45) is 3.34. The number of carboxylic acids is 1. The van der Waals surface area contributed by atoms with Crippen LogP contribution < -0.4 is 17.2 Å². The molecule has 0 aliphatic heterocycles. The first-order valence-corrected chi connectivity index (χ1v) is 4.44. The fourth-order valence-corrected chi connectivity index (χ4v) is 0.765. The van der Waals surface area contributed by atoms with Gasteiger partial charge in [-0.05, 0) is 26.3 Å². The van der Waals surface area contributed by atoms with Crippen LogP contribution in [-0.4, -0.2) is 37.0 Å². The fourth-order valence-electron chi connectivity index (χ4n) is 0.765. The van der Waals surface area contributed by atoms with Gasteiger partial charge in [-0.3, -0.25) is 9.79 Å². The van der Waals surface area contributed by atoms with E-state index in [0.29, 0.717) is 13.0 Å². The van der Waals surface area contributed by atoms with Crippen molar-refractivity contribution >= 4 is 12.3 Å². The van der Waals surface area contributed by atoms with Crippen LogP contribution in [0.15, 0.2) is 4.99 Å². The number of nitrogens with two attached hydrogens (primary N) is 3. The molecule has 84 valence electrons. The Morgan fingerprint density at radius 2 is 2.07 bits per heavy atom. The monoisotopic (exact) mass is 204 g/mol. The predicted octanol–water partition coefficient (Wildman–Crippen LogP) is -0.869. The Morgan fingerprint density at radius 3 is 2.50 bits per heavy atom. The van der Waals surface area contributed by atoms with Crippen molar-refractivity contribution in [3.8, 4) is 0 Å². The molecule has 7 N–H and O–H groups in total. The Balaban J connectivity index is 0. The molecule has 0 aliphatic rings. The zero-order chi connectivity index (χ0) is 11.4. The maximum Gasteiger partial charge on any atom is 0.320 e. The number of unbranched alkanes of at least 4 members (excludes halogenated alkanes) is 1. The van der Waals surface area contributed by atoms with Gasteiger partial charge in [0.15, 0.2) is 0 Å². The minimum Gasteiger partial charge on any atom is -0.480 e. The highest BCUT2D eigenvalue weighted by atomic mass is 16.4. The molecule has 0 aromatic rings. The summed E-state index contributed by atoms with van der Waals surface area (Å²) in [6, 6.07) is -0.744. The number of hydrogen-bond acceptors (Lipinski definition) is 4. The molecule has 0 aromatic heterocycles. The SMILES string of the molecule is CN.NC=NCCCCC(N)C(=O)O. The largest absolute Gasteiger partial charge is 0.480 e. The average Bonchev–Trinajstić information content (AvgIpc) is 2.20. The van der Waals surface area contributed by atoms with Crippen LogP contribution in [0.2, 0.25) is 0 Å². The number of carboxylic acid groups (broad SMARTS) is 1. The highest BCUT2D eigenvalue weighted by Gasteiger charge is 2.09. The number of aliphatic carboxylic acids is 1. The Bertz CT molecular complexity index is 161. The summed E-state index contributed by atoms with van der Waals surface area (Å²) in [4.78, 5) is 14.0. The molecule has 6 nitrogen and oxygen atoms in total. The van der Waals surface area contributed by atoms with E-state index >= 15 is 0 Å². The third-order valence-electron chi connectivity index (χ3n) is 1.47. The molecule has 0 rings (SSSR count). The summed E-state index contributed by atoms with van der Waals surface area (Å²) >= 11 is 0. The van der Waals surface area contributed by atoms with Crippen LogP contribution in [-0.2, 0) is 4.79 Å². The maximum absolute atomic E-state index is 10.2. The highest BCUT2D eigenvalue weighted by Crippen LogP contribution is 1.98. The summed E-state index contributed by atoms with van der Waals surface area (Å²) in [5.74, 6) is -0.947. The van der Waals surface area contributed by atoms with Crippen molar-refractivity contribution in [3.05, 3.63) is 0 Å². The van der Waals surface area contributed by atoms with Crippen molar-refractivity contribution in [1.29, 1.82) is 0 Å². The Hall–Kier alpha value is -1.14. The lowest BCUT2D eigenvalue weighted by molar-refractivity contribution is -0.138. The third kappa shape index (κ3) is 10.9. The standard InChI is InChI=1S/C7H15N3O2.CH5N/c8-5-10-4-2-1-3-6(9)7(11)12;1-2/h5-6H,1-4,9H2,(H2,8,10)(H,11,12);2H2,1H3. The number of carbonyl (C=O) groups is 1. The summed E-state index contributed by atoms with van der Waals surface area (Å²) in [5.41, 5.74) is 14.8. The molecule has 14 heavy (non-hydrogen) atoms. The predicted molar refractivity (Wildman–Crippen MR) is 57.1 cm³/mol. The van der Waals surface area contributed by atoms with E-state index in [1.165, 1.54) is 13.4 Å². The lowest BCUT2D eigenvalue weighted by atomic mass is 10.1. The fraction of sp³-hybridized carbons (Fsp3) is 0.750. The molecule has 0 fully saturated rings. The molecule has 0 amide bonds. The molecule has 6 heteroatoms. The van der Waals surface area contributed by atoms with E-state index in [1.54, 1.807) is 0 Å². The second-order valence-electron chi connectivity index (χ2n) is 2.50. The Kier molecular flexibility index (Phi) is 13.0. The first kappa shape index (κ1) is 15.3. The van der Waals surface area contributed by atoms with Gasteiger partial charge in [-0.15, -0.1) is 0 Å². The second kappa shape index (κ2) is 11.9. The maximum atomic E-state index is 10.2. The van der Waals surface area contributed by atoms with Crippen LogP contribution in [0.1, 0.15) is 19.3 Å². The van der Waals surface area contributed by atoms with Gasteiger partial charge in [-0.2, -0.15) is 0 Å². The van der Waals surface area contributed by atoms with Gasteiger partial charge in [-0.1, -0.05) is 0 Å². The van der Waals surface area contributed by atoms with Crippen LogP contribution in [0, 0.1) is 0 Å². The van der Waals surface area contributed by atoms with Gasteiger partial charge in [0.05, 0.1) is 6.34 Å². The van der Waals surface area contributed by atoms with Gasteiger partial charge in [0.25, 0.3) is 0 Å². The molecule has 0 bridgehead atoms. The quantitative estimate of drug-likeness (QED) is 0.254. The van der Waals surface area contributed by atoms with E-state index in [1.807, 2.05) is 0 Å².